The van der Waals surface area contributed by atoms with E-state index in [1.165, 1.54) is 18.2 Å². The number of hydrogen-bond acceptors (Lipinski definition) is 4. The van der Waals surface area contributed by atoms with Crippen molar-refractivity contribution in [2.45, 2.75) is 12.8 Å². The van der Waals surface area contributed by atoms with E-state index in [0.717, 1.165) is 19.4 Å². The van der Waals surface area contributed by atoms with Crippen LogP contribution in [0.1, 0.15) is 12.8 Å². The summed E-state index contributed by atoms with van der Waals surface area (Å²) in [5, 5.41) is 5.43. The number of hydrogen-bond donors (Lipinski definition) is 3. The number of rotatable bonds is 6. The van der Waals surface area contributed by atoms with Gasteiger partial charge >= 0.3 is 0 Å². The minimum absolute atomic E-state index is 0. The molecule has 1 aliphatic heterocycles. The number of amides is 2. The van der Waals surface area contributed by atoms with Gasteiger partial charge in [-0.25, -0.2) is 4.39 Å². The minimum Gasteiger partial charge on any atom is -0.355 e. The Kier molecular flexibility index (Phi) is 9.13. The van der Waals surface area contributed by atoms with Crippen molar-refractivity contribution in [1.29, 1.82) is 0 Å². The molecule has 0 spiro atoms. The van der Waals surface area contributed by atoms with E-state index in [4.69, 9.17) is 17.3 Å². The molecular formula is C16H23Cl2FN4O2. The van der Waals surface area contributed by atoms with Gasteiger partial charge in [-0.3, -0.25) is 14.5 Å². The first kappa shape index (κ1) is 21.6. The second-order valence-electron chi connectivity index (χ2n) is 5.83. The van der Waals surface area contributed by atoms with Crippen molar-refractivity contribution in [3.8, 4) is 0 Å². The van der Waals surface area contributed by atoms with Gasteiger partial charge in [-0.15, -0.1) is 12.4 Å². The summed E-state index contributed by atoms with van der Waals surface area (Å²) in [6.45, 7) is 2.34. The van der Waals surface area contributed by atoms with Crippen LogP contribution >= 0.6 is 24.0 Å². The van der Waals surface area contributed by atoms with Crippen molar-refractivity contribution < 1.29 is 14.0 Å². The highest BCUT2D eigenvalue weighted by molar-refractivity contribution is 6.31. The molecular weight excluding hydrogens is 370 g/mol. The molecule has 9 heteroatoms. The maximum atomic E-state index is 13.1. The second-order valence-corrected chi connectivity index (χ2v) is 6.24. The Morgan fingerprint density at radius 1 is 1.40 bits per heavy atom. The van der Waals surface area contributed by atoms with E-state index in [1.54, 1.807) is 0 Å². The fourth-order valence-corrected chi connectivity index (χ4v) is 2.91. The van der Waals surface area contributed by atoms with Gasteiger partial charge < -0.3 is 16.4 Å². The first-order valence-corrected chi connectivity index (χ1v) is 8.32. The summed E-state index contributed by atoms with van der Waals surface area (Å²) in [6, 6.07) is 4.03. The third-order valence-electron chi connectivity index (χ3n) is 3.89. The molecule has 6 nitrogen and oxygen atoms in total. The van der Waals surface area contributed by atoms with Crippen LogP contribution in [0, 0.1) is 11.7 Å². The number of carbonyl (C=O) groups is 2. The van der Waals surface area contributed by atoms with E-state index in [-0.39, 0.29) is 41.7 Å². The van der Waals surface area contributed by atoms with Gasteiger partial charge in [-0.1, -0.05) is 11.6 Å². The van der Waals surface area contributed by atoms with E-state index in [9.17, 15) is 14.0 Å². The fourth-order valence-electron chi connectivity index (χ4n) is 2.73. The summed E-state index contributed by atoms with van der Waals surface area (Å²) in [7, 11) is 0. The smallest absolute Gasteiger partial charge is 0.238 e. The van der Waals surface area contributed by atoms with Gasteiger partial charge in [0.25, 0.3) is 0 Å². The lowest BCUT2D eigenvalue weighted by atomic mass is 9.97. The predicted octanol–water partition coefficient (Wildman–Crippen LogP) is 1.63. The molecule has 1 aliphatic rings. The van der Waals surface area contributed by atoms with E-state index in [1.807, 2.05) is 4.90 Å². The van der Waals surface area contributed by atoms with E-state index in [2.05, 4.69) is 10.6 Å². The van der Waals surface area contributed by atoms with Crippen molar-refractivity contribution in [3.63, 3.8) is 0 Å². The van der Waals surface area contributed by atoms with Crippen LogP contribution in [0.5, 0.6) is 0 Å². The molecule has 1 saturated heterocycles. The number of nitrogens with two attached hydrogens (primary N) is 1. The molecule has 140 valence electrons. The average molecular weight is 393 g/mol. The normalized spacial score (nSPS) is 17.5. The molecule has 1 aromatic rings. The molecule has 1 heterocycles. The molecule has 1 unspecified atom stereocenters. The van der Waals surface area contributed by atoms with Crippen LogP contribution in [-0.2, 0) is 9.59 Å². The highest BCUT2D eigenvalue weighted by atomic mass is 35.5. The standard InChI is InChI=1S/C16H22ClFN4O2.ClH/c17-13-8-12(3-4-14(13)18)21-15(23)10-22-7-1-2-11(9-22)16(24)20-6-5-19;/h3-4,8,11H,1-2,5-7,9-10,19H2,(H,20,24)(H,21,23);1H. The molecule has 0 saturated carbocycles. The summed E-state index contributed by atoms with van der Waals surface area (Å²) in [6.07, 6.45) is 1.67. The summed E-state index contributed by atoms with van der Waals surface area (Å²) >= 11 is 5.69. The first-order chi connectivity index (χ1) is 11.5. The van der Waals surface area contributed by atoms with Crippen LogP contribution in [0.4, 0.5) is 10.1 Å². The van der Waals surface area contributed by atoms with Crippen LogP contribution in [0.25, 0.3) is 0 Å². The number of anilines is 1. The van der Waals surface area contributed by atoms with Gasteiger partial charge in [0.05, 0.1) is 17.5 Å². The Bertz CT molecular complexity index is 603. The highest BCUT2D eigenvalue weighted by Gasteiger charge is 2.26. The van der Waals surface area contributed by atoms with Crippen LogP contribution < -0.4 is 16.4 Å². The van der Waals surface area contributed by atoms with Crippen molar-refractivity contribution in [2.75, 3.05) is 38.0 Å². The Balaban J connectivity index is 0.00000312. The third kappa shape index (κ3) is 6.78. The number of halogens is 3. The molecule has 25 heavy (non-hydrogen) atoms. The molecule has 1 fully saturated rings. The van der Waals surface area contributed by atoms with E-state index in [0.29, 0.717) is 25.3 Å². The fraction of sp³-hybridized carbons (Fsp3) is 0.500. The lowest BCUT2D eigenvalue weighted by Gasteiger charge is -2.31. The van der Waals surface area contributed by atoms with Gasteiger partial charge in [0.1, 0.15) is 5.82 Å². The third-order valence-corrected chi connectivity index (χ3v) is 4.18. The van der Waals surface area contributed by atoms with E-state index >= 15 is 0 Å². The summed E-state index contributed by atoms with van der Waals surface area (Å²) in [4.78, 5) is 26.1. The van der Waals surface area contributed by atoms with Gasteiger partial charge in [0.2, 0.25) is 11.8 Å². The van der Waals surface area contributed by atoms with Gasteiger partial charge in [-0.2, -0.15) is 0 Å². The first-order valence-electron chi connectivity index (χ1n) is 7.94. The number of nitrogens with zero attached hydrogens (tertiary/aromatic N) is 1. The molecule has 1 atom stereocenters. The van der Waals surface area contributed by atoms with Crippen LogP contribution in [-0.4, -0.2) is 49.4 Å². The monoisotopic (exact) mass is 392 g/mol. The molecule has 0 bridgehead atoms. The SMILES string of the molecule is Cl.NCCNC(=O)C1CCCN(CC(=O)Nc2ccc(F)c(Cl)c2)C1. The zero-order valence-corrected chi connectivity index (χ0v) is 15.3. The van der Waals surface area contributed by atoms with Crippen molar-refractivity contribution in [1.82, 2.24) is 10.2 Å². The number of carbonyl (C=O) groups excluding carboxylic acids is 2. The maximum absolute atomic E-state index is 13.1. The van der Waals surface area contributed by atoms with Crippen LogP contribution in [0.2, 0.25) is 5.02 Å². The van der Waals surface area contributed by atoms with Crippen LogP contribution in [0.3, 0.4) is 0 Å². The Labute approximate surface area is 157 Å². The molecule has 0 radical (unpaired) electrons. The van der Waals surface area contributed by atoms with Gasteiger partial charge in [0, 0.05) is 25.3 Å². The second kappa shape index (κ2) is 10.6. The molecule has 0 aliphatic carbocycles. The quantitative estimate of drug-likeness (QED) is 0.686. The van der Waals surface area contributed by atoms with Crippen molar-refractivity contribution in [2.24, 2.45) is 11.7 Å². The number of nitrogens with one attached hydrogen (secondary N) is 2. The number of benzene rings is 1. The van der Waals surface area contributed by atoms with Gasteiger partial charge in [-0.05, 0) is 37.6 Å². The minimum atomic E-state index is -0.531. The van der Waals surface area contributed by atoms with Gasteiger partial charge in [0.15, 0.2) is 0 Å². The number of likely N-dealkylation sites (tertiary alicyclic amines) is 1. The van der Waals surface area contributed by atoms with E-state index < -0.39 is 5.82 Å². The Morgan fingerprint density at radius 3 is 2.84 bits per heavy atom. The molecule has 2 amide bonds. The summed E-state index contributed by atoms with van der Waals surface area (Å²) < 4.78 is 13.1. The molecule has 0 aromatic heterocycles. The lowest BCUT2D eigenvalue weighted by Crippen LogP contribution is -2.46. The Morgan fingerprint density at radius 2 is 2.16 bits per heavy atom. The summed E-state index contributed by atoms with van der Waals surface area (Å²) in [5.41, 5.74) is 5.83. The predicted molar refractivity (Wildman–Crippen MR) is 98.5 cm³/mol. The van der Waals surface area contributed by atoms with Crippen molar-refractivity contribution in [3.05, 3.63) is 29.0 Å². The zero-order chi connectivity index (χ0) is 17.5. The Hall–Kier alpha value is -1.41. The molecule has 4 N–H and O–H groups in total. The largest absolute Gasteiger partial charge is 0.355 e. The lowest BCUT2D eigenvalue weighted by molar-refractivity contribution is -0.127. The van der Waals surface area contributed by atoms with Crippen molar-refractivity contribution >= 4 is 41.5 Å². The zero-order valence-electron chi connectivity index (χ0n) is 13.8. The van der Waals surface area contributed by atoms with Crippen LogP contribution in [0.15, 0.2) is 18.2 Å². The average Bonchev–Trinajstić information content (AvgIpc) is 2.56. The number of piperidine rings is 1. The highest BCUT2D eigenvalue weighted by Crippen LogP contribution is 2.20. The maximum Gasteiger partial charge on any atom is 0.238 e. The molecule has 2 rings (SSSR count). The topological polar surface area (TPSA) is 87.5 Å². The molecule has 1 aromatic carbocycles. The summed E-state index contributed by atoms with van der Waals surface area (Å²) in [5.74, 6) is -0.896.